The average Bonchev–Trinajstić information content (AvgIpc) is 2.77. The zero-order chi connectivity index (χ0) is 14.8. The van der Waals surface area contributed by atoms with Crippen LogP contribution in [0.1, 0.15) is 38.9 Å². The summed E-state index contributed by atoms with van der Waals surface area (Å²) in [5.74, 6) is -2.18. The lowest BCUT2D eigenvalue weighted by atomic mass is 10.1. The van der Waals surface area contributed by atoms with Gasteiger partial charge in [0.25, 0.3) is 5.79 Å². The SMILES string of the molecule is CCCCC1(C)OC(=O)C(=Cc2ccc(Br)o2)C(=O)O1. The van der Waals surface area contributed by atoms with Gasteiger partial charge in [-0.05, 0) is 34.5 Å². The molecule has 2 heterocycles. The third-order valence-corrected chi connectivity index (χ3v) is 3.35. The van der Waals surface area contributed by atoms with Gasteiger partial charge >= 0.3 is 11.9 Å². The first-order chi connectivity index (χ1) is 9.43. The van der Waals surface area contributed by atoms with Crippen LogP contribution in [0.3, 0.4) is 0 Å². The molecular weight excluding hydrogens is 328 g/mol. The molecule has 1 saturated heterocycles. The van der Waals surface area contributed by atoms with Gasteiger partial charge in [0.1, 0.15) is 11.3 Å². The molecule has 1 aromatic rings. The Balaban J connectivity index is 2.17. The number of unbranched alkanes of at least 4 members (excludes halogenated alkanes) is 1. The van der Waals surface area contributed by atoms with Gasteiger partial charge in [0.15, 0.2) is 4.67 Å². The molecule has 6 heteroatoms. The molecule has 0 aliphatic carbocycles. The van der Waals surface area contributed by atoms with E-state index in [-0.39, 0.29) is 5.57 Å². The molecule has 1 aliphatic heterocycles. The zero-order valence-corrected chi connectivity index (χ0v) is 12.9. The number of furan rings is 1. The van der Waals surface area contributed by atoms with Gasteiger partial charge in [-0.3, -0.25) is 0 Å². The number of carbonyl (C=O) groups excluding carboxylic acids is 2. The summed E-state index contributed by atoms with van der Waals surface area (Å²) in [6.07, 6.45) is 3.53. The van der Waals surface area contributed by atoms with Crippen LogP contribution in [0.15, 0.2) is 26.8 Å². The lowest BCUT2D eigenvalue weighted by molar-refractivity contribution is -0.230. The number of cyclic esters (lactones) is 2. The molecule has 0 saturated carbocycles. The normalized spacial score (nSPS) is 22.4. The van der Waals surface area contributed by atoms with E-state index >= 15 is 0 Å². The highest BCUT2D eigenvalue weighted by molar-refractivity contribution is 9.10. The van der Waals surface area contributed by atoms with Gasteiger partial charge in [0, 0.05) is 19.4 Å². The second-order valence-corrected chi connectivity index (χ2v) is 5.50. The monoisotopic (exact) mass is 342 g/mol. The summed E-state index contributed by atoms with van der Waals surface area (Å²) in [6, 6.07) is 3.29. The minimum atomic E-state index is -1.18. The van der Waals surface area contributed by atoms with Crippen molar-refractivity contribution in [2.45, 2.75) is 38.9 Å². The van der Waals surface area contributed by atoms with Crippen molar-refractivity contribution >= 4 is 33.9 Å². The molecule has 0 amide bonds. The van der Waals surface area contributed by atoms with Crippen molar-refractivity contribution in [2.75, 3.05) is 0 Å². The minimum Gasteiger partial charge on any atom is -0.450 e. The first-order valence-electron chi connectivity index (χ1n) is 6.37. The van der Waals surface area contributed by atoms with Gasteiger partial charge < -0.3 is 13.9 Å². The smallest absolute Gasteiger partial charge is 0.348 e. The Hall–Kier alpha value is -1.56. The van der Waals surface area contributed by atoms with Crippen LogP contribution >= 0.6 is 15.9 Å². The standard InChI is InChI=1S/C14H15BrO5/c1-3-4-7-14(2)19-12(16)10(13(17)20-14)8-9-5-6-11(15)18-9/h5-6,8H,3-4,7H2,1-2H3. The quantitative estimate of drug-likeness (QED) is 0.476. The number of hydrogen-bond donors (Lipinski definition) is 0. The van der Waals surface area contributed by atoms with E-state index in [1.165, 1.54) is 6.08 Å². The van der Waals surface area contributed by atoms with Crippen LogP contribution in [0.5, 0.6) is 0 Å². The molecule has 20 heavy (non-hydrogen) atoms. The van der Waals surface area contributed by atoms with Gasteiger partial charge in [-0.25, -0.2) is 9.59 Å². The number of rotatable bonds is 4. The molecule has 0 aromatic carbocycles. The highest BCUT2D eigenvalue weighted by Gasteiger charge is 2.42. The highest BCUT2D eigenvalue weighted by atomic mass is 79.9. The fourth-order valence-electron chi connectivity index (χ4n) is 1.87. The fourth-order valence-corrected chi connectivity index (χ4v) is 2.19. The summed E-state index contributed by atoms with van der Waals surface area (Å²) in [7, 11) is 0. The van der Waals surface area contributed by atoms with E-state index in [9.17, 15) is 9.59 Å². The van der Waals surface area contributed by atoms with Gasteiger partial charge in [-0.15, -0.1) is 0 Å². The first-order valence-corrected chi connectivity index (χ1v) is 7.16. The third kappa shape index (κ3) is 3.30. The molecule has 108 valence electrons. The zero-order valence-electron chi connectivity index (χ0n) is 11.3. The second-order valence-electron chi connectivity index (χ2n) is 4.72. The van der Waals surface area contributed by atoms with E-state index in [4.69, 9.17) is 13.9 Å². The predicted octanol–water partition coefficient (Wildman–Crippen LogP) is 3.43. The Morgan fingerprint density at radius 3 is 2.40 bits per heavy atom. The Kier molecular flexibility index (Phi) is 4.32. The van der Waals surface area contributed by atoms with Gasteiger partial charge in [-0.1, -0.05) is 13.3 Å². The Labute approximate surface area is 125 Å². The highest BCUT2D eigenvalue weighted by Crippen LogP contribution is 2.29. The maximum atomic E-state index is 11.9. The minimum absolute atomic E-state index is 0.166. The number of halogens is 1. The summed E-state index contributed by atoms with van der Waals surface area (Å²) in [5.41, 5.74) is -0.166. The lowest BCUT2D eigenvalue weighted by Gasteiger charge is -2.33. The number of hydrogen-bond acceptors (Lipinski definition) is 5. The Bertz CT molecular complexity index is 538. The van der Waals surface area contributed by atoms with Crippen LogP contribution in [-0.4, -0.2) is 17.7 Å². The van der Waals surface area contributed by atoms with Crippen molar-refractivity contribution in [3.05, 3.63) is 28.1 Å². The van der Waals surface area contributed by atoms with Crippen LogP contribution < -0.4 is 0 Å². The molecule has 0 radical (unpaired) electrons. The summed E-state index contributed by atoms with van der Waals surface area (Å²) < 4.78 is 16.2. The van der Waals surface area contributed by atoms with Crippen molar-refractivity contribution in [1.82, 2.24) is 0 Å². The molecule has 1 fully saturated rings. The molecule has 0 atom stereocenters. The van der Waals surface area contributed by atoms with Gasteiger partial charge in [0.2, 0.25) is 0 Å². The van der Waals surface area contributed by atoms with E-state index in [0.29, 0.717) is 16.9 Å². The molecule has 1 aliphatic rings. The predicted molar refractivity (Wildman–Crippen MR) is 74.5 cm³/mol. The molecule has 0 unspecified atom stereocenters. The summed E-state index contributed by atoms with van der Waals surface area (Å²) in [6.45, 7) is 3.61. The number of esters is 2. The van der Waals surface area contributed by atoms with Crippen LogP contribution in [-0.2, 0) is 19.1 Å². The second kappa shape index (κ2) is 5.83. The van der Waals surface area contributed by atoms with Gasteiger partial charge in [-0.2, -0.15) is 0 Å². The summed E-state index contributed by atoms with van der Waals surface area (Å²) in [4.78, 5) is 23.9. The van der Waals surface area contributed by atoms with Gasteiger partial charge in [0.05, 0.1) is 0 Å². The van der Waals surface area contributed by atoms with E-state index in [0.717, 1.165) is 12.8 Å². The lowest BCUT2D eigenvalue weighted by Crippen LogP contribution is -2.44. The maximum absolute atomic E-state index is 11.9. The molecule has 2 rings (SSSR count). The van der Waals surface area contributed by atoms with Crippen LogP contribution in [0.25, 0.3) is 6.08 Å². The van der Waals surface area contributed by atoms with Crippen molar-refractivity contribution in [3.63, 3.8) is 0 Å². The van der Waals surface area contributed by atoms with E-state index < -0.39 is 17.7 Å². The topological polar surface area (TPSA) is 65.7 Å². The van der Waals surface area contributed by atoms with Crippen molar-refractivity contribution in [3.8, 4) is 0 Å². The first kappa shape index (κ1) is 14.8. The molecular formula is C14H15BrO5. The van der Waals surface area contributed by atoms with Crippen molar-refractivity contribution in [2.24, 2.45) is 0 Å². The average molecular weight is 343 g/mol. The van der Waals surface area contributed by atoms with Crippen LogP contribution in [0, 0.1) is 0 Å². The summed E-state index contributed by atoms with van der Waals surface area (Å²) >= 11 is 3.15. The number of ether oxygens (including phenoxy) is 2. The number of carbonyl (C=O) groups is 2. The van der Waals surface area contributed by atoms with Crippen molar-refractivity contribution in [1.29, 1.82) is 0 Å². The third-order valence-electron chi connectivity index (χ3n) is 2.92. The van der Waals surface area contributed by atoms with Crippen LogP contribution in [0.2, 0.25) is 0 Å². The molecule has 5 nitrogen and oxygen atoms in total. The van der Waals surface area contributed by atoms with Crippen molar-refractivity contribution < 1.29 is 23.5 Å². The molecule has 1 aromatic heterocycles. The fraction of sp³-hybridized carbons (Fsp3) is 0.429. The van der Waals surface area contributed by atoms with E-state index in [1.807, 2.05) is 6.92 Å². The van der Waals surface area contributed by atoms with Crippen LogP contribution in [0.4, 0.5) is 0 Å². The Morgan fingerprint density at radius 1 is 1.25 bits per heavy atom. The summed E-state index contributed by atoms with van der Waals surface area (Å²) in [5, 5.41) is 0. The van der Waals surface area contributed by atoms with E-state index in [1.54, 1.807) is 19.1 Å². The molecule has 0 bridgehead atoms. The molecule has 0 N–H and O–H groups in total. The largest absolute Gasteiger partial charge is 0.450 e. The maximum Gasteiger partial charge on any atom is 0.348 e. The van der Waals surface area contributed by atoms with E-state index in [2.05, 4.69) is 15.9 Å². The molecule has 0 spiro atoms. The Morgan fingerprint density at radius 2 is 1.90 bits per heavy atom.